The second-order valence-corrected chi connectivity index (χ2v) is 7.71. The molecule has 1 N–H and O–H groups in total. The van der Waals surface area contributed by atoms with Gasteiger partial charge in [0.15, 0.2) is 6.10 Å². The van der Waals surface area contributed by atoms with E-state index in [4.69, 9.17) is 9.47 Å². The summed E-state index contributed by atoms with van der Waals surface area (Å²) in [4.78, 5) is 12.5. The average Bonchev–Trinajstić information content (AvgIpc) is 2.76. The van der Waals surface area contributed by atoms with E-state index in [0.29, 0.717) is 6.54 Å². The molecule has 0 aromatic heterocycles. The predicted octanol–water partition coefficient (Wildman–Crippen LogP) is 4.87. The summed E-state index contributed by atoms with van der Waals surface area (Å²) >= 11 is 0. The van der Waals surface area contributed by atoms with E-state index < -0.39 is 6.10 Å². The van der Waals surface area contributed by atoms with E-state index in [1.54, 1.807) is 0 Å². The average molecular weight is 396 g/mol. The van der Waals surface area contributed by atoms with Gasteiger partial charge in [-0.05, 0) is 80.7 Å². The van der Waals surface area contributed by atoms with Crippen LogP contribution in [0.3, 0.4) is 0 Å². The van der Waals surface area contributed by atoms with Gasteiger partial charge in [0, 0.05) is 6.54 Å². The highest BCUT2D eigenvalue weighted by molar-refractivity contribution is 5.80. The van der Waals surface area contributed by atoms with Gasteiger partial charge in [-0.2, -0.15) is 0 Å². The number of rotatable bonds is 10. The normalized spacial score (nSPS) is 14.0. The Labute approximate surface area is 174 Å². The second-order valence-electron chi connectivity index (χ2n) is 7.71. The Hall–Kier alpha value is -2.49. The van der Waals surface area contributed by atoms with Crippen LogP contribution in [0.1, 0.15) is 56.2 Å². The van der Waals surface area contributed by atoms with Crippen LogP contribution in [0, 0.1) is 0 Å². The summed E-state index contributed by atoms with van der Waals surface area (Å²) in [6, 6.07) is 14.3. The molecule has 0 unspecified atom stereocenters. The third-order valence-electron chi connectivity index (χ3n) is 5.38. The first kappa shape index (κ1) is 21.2. The van der Waals surface area contributed by atoms with Gasteiger partial charge in [-0.1, -0.05) is 37.3 Å². The maximum Gasteiger partial charge on any atom is 0.260 e. The molecule has 3 rings (SSSR count). The van der Waals surface area contributed by atoms with Crippen molar-refractivity contribution in [3.8, 4) is 11.5 Å². The molecule has 2 aromatic carbocycles. The van der Waals surface area contributed by atoms with Crippen LogP contribution >= 0.6 is 0 Å². The van der Waals surface area contributed by atoms with Crippen LogP contribution in [0.5, 0.6) is 11.5 Å². The number of fused-ring (bicyclic) bond motifs is 1. The van der Waals surface area contributed by atoms with E-state index in [1.807, 2.05) is 37.3 Å². The van der Waals surface area contributed by atoms with Crippen molar-refractivity contribution >= 4 is 5.91 Å². The maximum absolute atomic E-state index is 12.5. The molecular formula is C25H33NO3. The lowest BCUT2D eigenvalue weighted by molar-refractivity contribution is -0.127. The number of amides is 1. The van der Waals surface area contributed by atoms with Crippen molar-refractivity contribution in [2.45, 2.75) is 64.9 Å². The molecule has 0 bridgehead atoms. The molecule has 0 heterocycles. The number of carbonyl (C=O) groups is 1. The summed E-state index contributed by atoms with van der Waals surface area (Å²) in [5, 5.41) is 3.01. The molecule has 1 aliphatic rings. The Balaban J connectivity index is 1.45. The van der Waals surface area contributed by atoms with Gasteiger partial charge >= 0.3 is 0 Å². The number of hydrogen-bond donors (Lipinski definition) is 1. The van der Waals surface area contributed by atoms with E-state index in [1.165, 1.54) is 29.5 Å². The van der Waals surface area contributed by atoms with Gasteiger partial charge < -0.3 is 14.8 Å². The highest BCUT2D eigenvalue weighted by Gasteiger charge is 2.19. The van der Waals surface area contributed by atoms with Crippen molar-refractivity contribution in [1.29, 1.82) is 0 Å². The highest BCUT2D eigenvalue weighted by Crippen LogP contribution is 2.30. The quantitative estimate of drug-likeness (QED) is 0.584. The fourth-order valence-electron chi connectivity index (χ4n) is 3.80. The molecule has 0 aliphatic heterocycles. The number of hydrogen-bond acceptors (Lipinski definition) is 3. The molecule has 1 aliphatic carbocycles. The van der Waals surface area contributed by atoms with Gasteiger partial charge in [0.25, 0.3) is 5.91 Å². The minimum Gasteiger partial charge on any atom is -0.493 e. The molecule has 1 atom stereocenters. The molecule has 0 saturated heterocycles. The van der Waals surface area contributed by atoms with Crippen LogP contribution in [-0.2, 0) is 24.1 Å². The van der Waals surface area contributed by atoms with Crippen molar-refractivity contribution in [2.24, 2.45) is 0 Å². The fraction of sp³-hybridized carbons (Fsp3) is 0.480. The lowest BCUT2D eigenvalue weighted by atomic mass is 9.91. The lowest BCUT2D eigenvalue weighted by Crippen LogP contribution is -2.37. The van der Waals surface area contributed by atoms with Crippen molar-refractivity contribution in [1.82, 2.24) is 5.32 Å². The number of aryl methyl sites for hydroxylation is 2. The Morgan fingerprint density at radius 2 is 1.86 bits per heavy atom. The zero-order valence-corrected chi connectivity index (χ0v) is 17.7. The van der Waals surface area contributed by atoms with Gasteiger partial charge in [-0.25, -0.2) is 0 Å². The first-order valence-electron chi connectivity index (χ1n) is 10.9. The monoisotopic (exact) mass is 395 g/mol. The Bertz CT molecular complexity index is 802. The van der Waals surface area contributed by atoms with Crippen molar-refractivity contribution in [3.63, 3.8) is 0 Å². The SMILES string of the molecule is CCCOc1ccccc1CCCNC(=O)[C@H](C)Oc1cccc2c1CCCC2. The first-order chi connectivity index (χ1) is 14.2. The molecular weight excluding hydrogens is 362 g/mol. The number of para-hydroxylation sites is 1. The zero-order valence-electron chi connectivity index (χ0n) is 17.7. The van der Waals surface area contributed by atoms with E-state index in [-0.39, 0.29) is 5.91 Å². The van der Waals surface area contributed by atoms with Gasteiger partial charge in [0.1, 0.15) is 11.5 Å². The van der Waals surface area contributed by atoms with E-state index in [9.17, 15) is 4.79 Å². The van der Waals surface area contributed by atoms with Crippen molar-refractivity contribution < 1.29 is 14.3 Å². The Kier molecular flexibility index (Phi) is 7.97. The van der Waals surface area contributed by atoms with Crippen LogP contribution < -0.4 is 14.8 Å². The highest BCUT2D eigenvalue weighted by atomic mass is 16.5. The second kappa shape index (κ2) is 10.9. The van der Waals surface area contributed by atoms with Crippen LogP contribution in [-0.4, -0.2) is 25.2 Å². The molecule has 0 radical (unpaired) electrons. The zero-order chi connectivity index (χ0) is 20.5. The third-order valence-corrected chi connectivity index (χ3v) is 5.38. The Morgan fingerprint density at radius 3 is 2.72 bits per heavy atom. The van der Waals surface area contributed by atoms with Gasteiger partial charge in [-0.3, -0.25) is 4.79 Å². The molecule has 0 fully saturated rings. The smallest absolute Gasteiger partial charge is 0.260 e. The third kappa shape index (κ3) is 5.99. The minimum atomic E-state index is -0.497. The van der Waals surface area contributed by atoms with E-state index in [0.717, 1.165) is 50.2 Å². The van der Waals surface area contributed by atoms with Gasteiger partial charge in [0.05, 0.1) is 6.61 Å². The van der Waals surface area contributed by atoms with Gasteiger partial charge in [0.2, 0.25) is 0 Å². The molecule has 29 heavy (non-hydrogen) atoms. The van der Waals surface area contributed by atoms with E-state index >= 15 is 0 Å². The molecule has 0 spiro atoms. The largest absolute Gasteiger partial charge is 0.493 e. The molecule has 0 saturated carbocycles. The fourth-order valence-corrected chi connectivity index (χ4v) is 3.80. The van der Waals surface area contributed by atoms with Crippen LogP contribution in [0.2, 0.25) is 0 Å². The number of benzene rings is 2. The predicted molar refractivity (Wildman–Crippen MR) is 117 cm³/mol. The number of carbonyl (C=O) groups excluding carboxylic acids is 1. The van der Waals surface area contributed by atoms with Gasteiger partial charge in [-0.15, -0.1) is 0 Å². The topological polar surface area (TPSA) is 47.6 Å². The first-order valence-corrected chi connectivity index (χ1v) is 10.9. The van der Waals surface area contributed by atoms with Crippen LogP contribution in [0.15, 0.2) is 42.5 Å². The molecule has 4 nitrogen and oxygen atoms in total. The maximum atomic E-state index is 12.5. The molecule has 2 aromatic rings. The number of nitrogens with one attached hydrogen (secondary N) is 1. The summed E-state index contributed by atoms with van der Waals surface area (Å²) in [5.41, 5.74) is 3.84. The van der Waals surface area contributed by atoms with Crippen molar-refractivity contribution in [2.75, 3.05) is 13.2 Å². The van der Waals surface area contributed by atoms with E-state index in [2.05, 4.69) is 24.4 Å². The summed E-state index contributed by atoms with van der Waals surface area (Å²) in [7, 11) is 0. The summed E-state index contributed by atoms with van der Waals surface area (Å²) in [6.07, 6.45) is 6.82. The summed E-state index contributed by atoms with van der Waals surface area (Å²) < 4.78 is 11.8. The minimum absolute atomic E-state index is 0.0612. The Morgan fingerprint density at radius 1 is 1.07 bits per heavy atom. The lowest BCUT2D eigenvalue weighted by Gasteiger charge is -2.22. The number of ether oxygens (including phenoxy) is 2. The van der Waals surface area contributed by atoms with Crippen molar-refractivity contribution in [3.05, 3.63) is 59.2 Å². The summed E-state index contributed by atoms with van der Waals surface area (Å²) in [6.45, 7) is 5.28. The molecule has 156 valence electrons. The summed E-state index contributed by atoms with van der Waals surface area (Å²) in [5.74, 6) is 1.76. The van der Waals surface area contributed by atoms with Crippen LogP contribution in [0.4, 0.5) is 0 Å². The standard InChI is InChI=1S/C25H33NO3/c1-3-18-28-23-15-7-5-11-21(23)13-9-17-26-25(27)19(2)29-24-16-8-12-20-10-4-6-14-22(20)24/h5,7-8,11-12,15-16,19H,3-4,6,9-10,13-14,17-18H2,1-2H3,(H,26,27)/t19-/m0/s1. The van der Waals surface area contributed by atoms with Crippen LogP contribution in [0.25, 0.3) is 0 Å². The molecule has 1 amide bonds. The molecule has 4 heteroatoms.